The largest absolute Gasteiger partial charge is 0.397 e. The van der Waals surface area contributed by atoms with Gasteiger partial charge in [0.1, 0.15) is 0 Å². The van der Waals surface area contributed by atoms with Crippen LogP contribution in [0.5, 0.6) is 0 Å². The van der Waals surface area contributed by atoms with Gasteiger partial charge in [-0.1, -0.05) is 0 Å². The molecule has 2 rings (SSSR count). The monoisotopic (exact) mass is 291 g/mol. The summed E-state index contributed by atoms with van der Waals surface area (Å²) in [5.74, 6) is -1.32. The van der Waals surface area contributed by atoms with Crippen LogP contribution in [0.25, 0.3) is 0 Å². The van der Waals surface area contributed by atoms with Crippen LogP contribution >= 0.6 is 0 Å². The average Bonchev–Trinajstić information content (AvgIpc) is 2.36. The topological polar surface area (TPSA) is 145 Å². The number of hydrogen-bond donors (Lipinski definition) is 4. The van der Waals surface area contributed by atoms with Gasteiger partial charge in [-0.3, -0.25) is 14.4 Å². The highest BCUT2D eigenvalue weighted by molar-refractivity contribution is 5.96. The number of benzene rings is 1. The Morgan fingerprint density at radius 3 is 2.33 bits per heavy atom. The van der Waals surface area contributed by atoms with E-state index in [9.17, 15) is 14.4 Å². The maximum atomic E-state index is 11.4. The van der Waals surface area contributed by atoms with Gasteiger partial charge >= 0.3 is 0 Å². The molecular formula is C13H17N5O3. The number of anilines is 3. The highest BCUT2D eigenvalue weighted by atomic mass is 16.2. The van der Waals surface area contributed by atoms with Gasteiger partial charge in [-0.2, -0.15) is 0 Å². The van der Waals surface area contributed by atoms with Crippen molar-refractivity contribution in [3.63, 3.8) is 0 Å². The first-order valence-electron chi connectivity index (χ1n) is 6.40. The Kier molecular flexibility index (Phi) is 3.97. The van der Waals surface area contributed by atoms with Gasteiger partial charge in [-0.15, -0.1) is 0 Å². The van der Waals surface area contributed by atoms with Gasteiger partial charge in [-0.25, -0.2) is 0 Å². The number of primary amides is 2. The molecule has 1 aliphatic rings. The molecule has 0 saturated carbocycles. The molecule has 0 saturated heterocycles. The van der Waals surface area contributed by atoms with Gasteiger partial charge in [-0.05, 0) is 24.1 Å². The summed E-state index contributed by atoms with van der Waals surface area (Å²) in [7, 11) is 0. The molecular weight excluding hydrogens is 274 g/mol. The number of nitrogen functional groups attached to an aromatic ring is 1. The fourth-order valence-electron chi connectivity index (χ4n) is 2.31. The number of carbonyl (C=O) groups excluding carboxylic acids is 3. The number of nitrogens with one attached hydrogen (secondary N) is 1. The maximum Gasteiger partial charge on any atom is 0.236 e. The van der Waals surface area contributed by atoms with Gasteiger partial charge in [0.05, 0.1) is 24.5 Å². The van der Waals surface area contributed by atoms with Crippen LogP contribution < -0.4 is 27.4 Å². The quantitative estimate of drug-likeness (QED) is 0.510. The van der Waals surface area contributed by atoms with Crippen molar-refractivity contribution >= 4 is 34.8 Å². The van der Waals surface area contributed by atoms with Gasteiger partial charge in [0, 0.05) is 12.1 Å². The van der Waals surface area contributed by atoms with Crippen molar-refractivity contribution in [1.29, 1.82) is 0 Å². The van der Waals surface area contributed by atoms with Crippen molar-refractivity contribution in [2.24, 2.45) is 11.5 Å². The predicted octanol–water partition coefficient (Wildman–Crippen LogP) is -1.07. The second-order valence-electron chi connectivity index (χ2n) is 4.91. The molecule has 0 atom stereocenters. The molecule has 1 aliphatic heterocycles. The number of nitrogens with zero attached hydrogens (tertiary/aromatic N) is 1. The van der Waals surface area contributed by atoms with Crippen molar-refractivity contribution in [2.45, 2.75) is 12.8 Å². The Hall–Kier alpha value is -2.77. The van der Waals surface area contributed by atoms with E-state index < -0.39 is 11.8 Å². The molecule has 21 heavy (non-hydrogen) atoms. The van der Waals surface area contributed by atoms with Gasteiger partial charge in [0.15, 0.2) is 0 Å². The Bertz CT molecular complexity index is 598. The molecule has 0 aliphatic carbocycles. The van der Waals surface area contributed by atoms with Crippen LogP contribution in [0.1, 0.15) is 12.0 Å². The molecule has 0 aromatic heterocycles. The molecule has 7 N–H and O–H groups in total. The first-order valence-corrected chi connectivity index (χ1v) is 6.40. The molecule has 0 bridgehead atoms. The van der Waals surface area contributed by atoms with E-state index >= 15 is 0 Å². The molecule has 8 heteroatoms. The van der Waals surface area contributed by atoms with E-state index in [1.807, 2.05) is 0 Å². The molecule has 0 radical (unpaired) electrons. The summed E-state index contributed by atoms with van der Waals surface area (Å²) in [6.45, 7) is -0.389. The first kappa shape index (κ1) is 14.6. The van der Waals surface area contributed by atoms with E-state index in [0.717, 1.165) is 5.56 Å². The number of aryl methyl sites for hydroxylation is 1. The number of hydrogen-bond acceptors (Lipinski definition) is 5. The van der Waals surface area contributed by atoms with Crippen molar-refractivity contribution < 1.29 is 14.4 Å². The summed E-state index contributed by atoms with van der Waals surface area (Å²) >= 11 is 0. The second-order valence-corrected chi connectivity index (χ2v) is 4.91. The van der Waals surface area contributed by atoms with Gasteiger partial charge in [0.25, 0.3) is 0 Å². The zero-order chi connectivity index (χ0) is 15.6. The minimum absolute atomic E-state index is 0.0884. The van der Waals surface area contributed by atoms with E-state index in [1.54, 1.807) is 12.1 Å². The highest BCUT2D eigenvalue weighted by Gasteiger charge is 2.20. The molecule has 112 valence electrons. The zero-order valence-electron chi connectivity index (χ0n) is 11.4. The highest BCUT2D eigenvalue weighted by Crippen LogP contribution is 2.33. The molecule has 0 fully saturated rings. The van der Waals surface area contributed by atoms with Gasteiger partial charge < -0.3 is 27.4 Å². The standard InChI is InChI=1S/C13H17N5O3/c14-8-3-7-1-2-13(21)17-9(7)4-10(8)18(5-11(15)19)6-12(16)20/h3-4H,1-2,5-6,14H2,(H2,15,19)(H2,16,20)(H,17,21). The fraction of sp³-hybridized carbons (Fsp3) is 0.308. The van der Waals surface area contributed by atoms with Crippen molar-refractivity contribution in [2.75, 3.05) is 29.0 Å². The number of carbonyl (C=O) groups is 3. The molecule has 1 aromatic carbocycles. The van der Waals surface area contributed by atoms with Crippen LogP contribution in [0.3, 0.4) is 0 Å². The van der Waals surface area contributed by atoms with Crippen LogP contribution in [-0.2, 0) is 20.8 Å². The van der Waals surface area contributed by atoms with E-state index in [2.05, 4.69) is 5.32 Å². The maximum absolute atomic E-state index is 11.4. The number of amides is 3. The fourth-order valence-corrected chi connectivity index (χ4v) is 2.31. The third-order valence-electron chi connectivity index (χ3n) is 3.18. The smallest absolute Gasteiger partial charge is 0.236 e. The molecule has 0 unspecified atom stereocenters. The third-order valence-corrected chi connectivity index (χ3v) is 3.18. The number of nitrogens with two attached hydrogens (primary N) is 3. The van der Waals surface area contributed by atoms with E-state index in [0.29, 0.717) is 29.9 Å². The number of rotatable bonds is 5. The lowest BCUT2D eigenvalue weighted by Gasteiger charge is -2.26. The Morgan fingerprint density at radius 1 is 1.14 bits per heavy atom. The van der Waals surface area contributed by atoms with Crippen LogP contribution in [0, 0.1) is 0 Å². The summed E-state index contributed by atoms with van der Waals surface area (Å²) in [6.07, 6.45) is 0.995. The second kappa shape index (κ2) is 5.70. The van der Waals surface area contributed by atoms with Crippen molar-refractivity contribution in [3.8, 4) is 0 Å². The Balaban J connectivity index is 2.39. The van der Waals surface area contributed by atoms with Crippen LogP contribution in [-0.4, -0.2) is 30.8 Å². The van der Waals surface area contributed by atoms with Gasteiger partial charge in [0.2, 0.25) is 17.7 Å². The predicted molar refractivity (Wildman–Crippen MR) is 78.4 cm³/mol. The Morgan fingerprint density at radius 2 is 1.76 bits per heavy atom. The summed E-state index contributed by atoms with van der Waals surface area (Å²) in [6, 6.07) is 3.35. The molecule has 1 aromatic rings. The summed E-state index contributed by atoms with van der Waals surface area (Å²) in [5, 5.41) is 2.74. The number of fused-ring (bicyclic) bond motifs is 1. The summed E-state index contributed by atoms with van der Waals surface area (Å²) < 4.78 is 0. The lowest BCUT2D eigenvalue weighted by Crippen LogP contribution is -2.40. The van der Waals surface area contributed by atoms with E-state index in [1.165, 1.54) is 4.90 Å². The Labute approximate surface area is 121 Å². The van der Waals surface area contributed by atoms with Crippen molar-refractivity contribution in [3.05, 3.63) is 17.7 Å². The normalized spacial score (nSPS) is 13.2. The lowest BCUT2D eigenvalue weighted by atomic mass is 10.0. The third kappa shape index (κ3) is 3.41. The summed E-state index contributed by atoms with van der Waals surface area (Å²) in [5.41, 5.74) is 18.7. The average molecular weight is 291 g/mol. The van der Waals surface area contributed by atoms with Crippen LogP contribution in [0.2, 0.25) is 0 Å². The van der Waals surface area contributed by atoms with E-state index in [-0.39, 0.29) is 19.0 Å². The first-order chi connectivity index (χ1) is 9.86. The van der Waals surface area contributed by atoms with Crippen molar-refractivity contribution in [1.82, 2.24) is 0 Å². The molecule has 8 nitrogen and oxygen atoms in total. The van der Waals surface area contributed by atoms with Crippen LogP contribution in [0.15, 0.2) is 12.1 Å². The molecule has 3 amide bonds. The molecule has 1 heterocycles. The summed E-state index contributed by atoms with van der Waals surface area (Å²) in [4.78, 5) is 35.1. The van der Waals surface area contributed by atoms with Crippen LogP contribution in [0.4, 0.5) is 17.1 Å². The lowest BCUT2D eigenvalue weighted by molar-refractivity contribution is -0.118. The minimum atomic E-state index is -0.614. The minimum Gasteiger partial charge on any atom is -0.397 e. The van der Waals surface area contributed by atoms with E-state index in [4.69, 9.17) is 17.2 Å². The SMILES string of the molecule is NC(=O)CN(CC(N)=O)c1cc2c(cc1N)CCC(=O)N2. The zero-order valence-corrected chi connectivity index (χ0v) is 11.4. The molecule has 0 spiro atoms.